The molecule has 0 spiro atoms. The molecule has 0 fully saturated rings. The fourth-order valence-corrected chi connectivity index (χ4v) is 4.30. The summed E-state index contributed by atoms with van der Waals surface area (Å²) in [7, 11) is -3.75. The van der Waals surface area contributed by atoms with Gasteiger partial charge in [-0.2, -0.15) is 0 Å². The van der Waals surface area contributed by atoms with Crippen molar-refractivity contribution in [3.05, 3.63) is 66.0 Å². The summed E-state index contributed by atoms with van der Waals surface area (Å²) in [6.07, 6.45) is 1.75. The Morgan fingerprint density at radius 2 is 1.61 bits per heavy atom. The van der Waals surface area contributed by atoms with Crippen LogP contribution in [-0.4, -0.2) is 26.6 Å². The number of carbonyl (C=O) groups is 1. The molecule has 0 saturated heterocycles. The third-order valence-corrected chi connectivity index (χ3v) is 5.64. The van der Waals surface area contributed by atoms with Gasteiger partial charge in [-0.1, -0.05) is 44.2 Å². The molecule has 2 rings (SSSR count). The molecule has 0 bridgehead atoms. The quantitative estimate of drug-likeness (QED) is 0.723. The fourth-order valence-electron chi connectivity index (χ4n) is 3.12. The van der Waals surface area contributed by atoms with Gasteiger partial charge in [0.05, 0.1) is 18.0 Å². The average molecular weight is 407 g/mol. The largest absolute Gasteiger partial charge is 0.347 e. The van der Waals surface area contributed by atoms with E-state index in [0.717, 1.165) is 22.5 Å². The van der Waals surface area contributed by atoms with E-state index in [9.17, 15) is 17.6 Å². The van der Waals surface area contributed by atoms with E-state index in [4.69, 9.17) is 0 Å². The van der Waals surface area contributed by atoms with Crippen LogP contribution in [0.5, 0.6) is 0 Å². The topological polar surface area (TPSA) is 66.5 Å². The van der Waals surface area contributed by atoms with E-state index in [2.05, 4.69) is 19.2 Å². The standard InChI is InChI=1S/C21H27FN2O3S/c1-15(2)14-20(17-8-6-5-7-9-17)23-21(25)16(3)24(28(4,26)27)19-12-10-18(22)11-13-19/h5-13,15-16,20H,14H2,1-4H3,(H,23,25)/t16-,20-/m0/s1. The molecule has 152 valence electrons. The maximum Gasteiger partial charge on any atom is 0.244 e. The van der Waals surface area contributed by atoms with Gasteiger partial charge in [-0.05, 0) is 49.1 Å². The number of benzene rings is 2. The maximum atomic E-state index is 13.2. The molecule has 2 atom stereocenters. The van der Waals surface area contributed by atoms with Crippen LogP contribution in [0.2, 0.25) is 0 Å². The molecule has 0 unspecified atom stereocenters. The van der Waals surface area contributed by atoms with E-state index >= 15 is 0 Å². The Bertz CT molecular complexity index is 884. The van der Waals surface area contributed by atoms with Crippen molar-refractivity contribution in [2.75, 3.05) is 10.6 Å². The lowest BCUT2D eigenvalue weighted by molar-refractivity contribution is -0.122. The van der Waals surface area contributed by atoms with Gasteiger partial charge in [0.2, 0.25) is 15.9 Å². The number of rotatable bonds is 8. The molecule has 28 heavy (non-hydrogen) atoms. The lowest BCUT2D eigenvalue weighted by atomic mass is 9.96. The van der Waals surface area contributed by atoms with Crippen molar-refractivity contribution in [2.24, 2.45) is 5.92 Å². The van der Waals surface area contributed by atoms with E-state index in [1.165, 1.54) is 31.2 Å². The normalized spacial score (nSPS) is 13.8. The summed E-state index contributed by atoms with van der Waals surface area (Å²) >= 11 is 0. The number of nitrogens with zero attached hydrogens (tertiary/aromatic N) is 1. The Labute approximate surface area is 166 Å². The lowest BCUT2D eigenvalue weighted by Crippen LogP contribution is -2.48. The van der Waals surface area contributed by atoms with Crippen LogP contribution in [0, 0.1) is 11.7 Å². The van der Waals surface area contributed by atoms with Gasteiger partial charge in [0, 0.05) is 0 Å². The monoisotopic (exact) mass is 406 g/mol. The highest BCUT2D eigenvalue weighted by atomic mass is 32.2. The SMILES string of the molecule is CC(C)C[C@H](NC(=O)[C@H](C)N(c1ccc(F)cc1)S(C)(=O)=O)c1ccccc1. The molecular formula is C21H27FN2O3S. The highest BCUT2D eigenvalue weighted by Crippen LogP contribution is 2.24. The highest BCUT2D eigenvalue weighted by Gasteiger charge is 2.30. The summed E-state index contributed by atoms with van der Waals surface area (Å²) < 4.78 is 39.0. The molecular weight excluding hydrogens is 379 g/mol. The van der Waals surface area contributed by atoms with Crippen LogP contribution in [0.1, 0.15) is 38.8 Å². The molecule has 7 heteroatoms. The second-order valence-corrected chi connectivity index (χ2v) is 9.17. The van der Waals surface area contributed by atoms with Gasteiger partial charge in [0.15, 0.2) is 0 Å². The van der Waals surface area contributed by atoms with Crippen molar-refractivity contribution in [3.63, 3.8) is 0 Å². The minimum Gasteiger partial charge on any atom is -0.347 e. The van der Waals surface area contributed by atoms with Gasteiger partial charge in [0.25, 0.3) is 0 Å². The van der Waals surface area contributed by atoms with Gasteiger partial charge in [-0.25, -0.2) is 12.8 Å². The van der Waals surface area contributed by atoms with Crippen molar-refractivity contribution in [2.45, 2.75) is 39.3 Å². The smallest absolute Gasteiger partial charge is 0.244 e. The zero-order valence-corrected chi connectivity index (χ0v) is 17.4. The molecule has 0 aliphatic rings. The molecule has 0 saturated carbocycles. The van der Waals surface area contributed by atoms with Crippen LogP contribution in [0.15, 0.2) is 54.6 Å². The first-order chi connectivity index (χ1) is 13.1. The molecule has 5 nitrogen and oxygen atoms in total. The molecule has 0 aliphatic heterocycles. The Morgan fingerprint density at radius 1 is 1.04 bits per heavy atom. The number of halogens is 1. The minimum absolute atomic E-state index is 0.231. The third kappa shape index (κ3) is 5.79. The summed E-state index contributed by atoms with van der Waals surface area (Å²) in [5.74, 6) is -0.552. The molecule has 1 amide bonds. The molecule has 0 radical (unpaired) electrons. The van der Waals surface area contributed by atoms with Crippen LogP contribution < -0.4 is 9.62 Å². The summed E-state index contributed by atoms with van der Waals surface area (Å²) in [5, 5.41) is 2.98. The van der Waals surface area contributed by atoms with Gasteiger partial charge in [0.1, 0.15) is 11.9 Å². The summed E-state index contributed by atoms with van der Waals surface area (Å²) in [5.41, 5.74) is 1.20. The average Bonchev–Trinajstić information content (AvgIpc) is 2.62. The maximum absolute atomic E-state index is 13.2. The van der Waals surface area contributed by atoms with Crippen molar-refractivity contribution in [1.29, 1.82) is 0 Å². The highest BCUT2D eigenvalue weighted by molar-refractivity contribution is 7.92. The number of hydrogen-bond donors (Lipinski definition) is 1. The second kappa shape index (κ2) is 9.19. The van der Waals surface area contributed by atoms with Crippen LogP contribution in [0.3, 0.4) is 0 Å². The number of anilines is 1. The zero-order valence-electron chi connectivity index (χ0n) is 16.6. The minimum atomic E-state index is -3.75. The number of sulfonamides is 1. The van der Waals surface area contributed by atoms with Crippen LogP contribution in [0.25, 0.3) is 0 Å². The molecule has 1 N–H and O–H groups in total. The predicted octanol–water partition coefficient (Wildman–Crippen LogP) is 3.88. The first-order valence-corrected chi connectivity index (χ1v) is 11.0. The van der Waals surface area contributed by atoms with Gasteiger partial charge in [-0.3, -0.25) is 9.10 Å². The van der Waals surface area contributed by atoms with E-state index < -0.39 is 27.8 Å². The molecule has 0 aliphatic carbocycles. The van der Waals surface area contributed by atoms with Gasteiger partial charge in [-0.15, -0.1) is 0 Å². The van der Waals surface area contributed by atoms with Crippen molar-refractivity contribution >= 4 is 21.6 Å². The lowest BCUT2D eigenvalue weighted by Gasteiger charge is -2.30. The number of nitrogens with one attached hydrogen (secondary N) is 1. The number of hydrogen-bond acceptors (Lipinski definition) is 3. The predicted molar refractivity (Wildman–Crippen MR) is 110 cm³/mol. The first kappa shape index (κ1) is 21.9. The Hall–Kier alpha value is -2.41. The van der Waals surface area contributed by atoms with Crippen molar-refractivity contribution in [3.8, 4) is 0 Å². The Balaban J connectivity index is 2.29. The second-order valence-electron chi connectivity index (χ2n) is 7.31. The number of amides is 1. The van der Waals surface area contributed by atoms with Crippen molar-refractivity contribution < 1.29 is 17.6 Å². The molecule has 0 heterocycles. The van der Waals surface area contributed by atoms with E-state index in [1.807, 2.05) is 30.3 Å². The van der Waals surface area contributed by atoms with Crippen LogP contribution in [-0.2, 0) is 14.8 Å². The molecule has 2 aromatic carbocycles. The fraction of sp³-hybridized carbons (Fsp3) is 0.381. The van der Waals surface area contributed by atoms with Gasteiger partial charge >= 0.3 is 0 Å². The summed E-state index contributed by atoms with van der Waals surface area (Å²) in [6.45, 7) is 5.65. The van der Waals surface area contributed by atoms with E-state index in [-0.39, 0.29) is 11.7 Å². The van der Waals surface area contributed by atoms with E-state index in [1.54, 1.807) is 0 Å². The van der Waals surface area contributed by atoms with E-state index in [0.29, 0.717) is 5.92 Å². The first-order valence-electron chi connectivity index (χ1n) is 9.20. The third-order valence-electron chi connectivity index (χ3n) is 4.40. The Kier molecular flexibility index (Phi) is 7.18. The molecule has 0 aromatic heterocycles. The molecule has 2 aromatic rings. The summed E-state index contributed by atoms with van der Waals surface area (Å²) in [4.78, 5) is 12.9. The van der Waals surface area contributed by atoms with Crippen molar-refractivity contribution in [1.82, 2.24) is 5.32 Å². The zero-order chi connectivity index (χ0) is 20.9. The van der Waals surface area contributed by atoms with Crippen LogP contribution >= 0.6 is 0 Å². The summed E-state index contributed by atoms with van der Waals surface area (Å²) in [6, 6.07) is 13.4. The van der Waals surface area contributed by atoms with Gasteiger partial charge < -0.3 is 5.32 Å². The number of carbonyl (C=O) groups excluding carboxylic acids is 1. The Morgan fingerprint density at radius 3 is 2.11 bits per heavy atom. The van der Waals surface area contributed by atoms with Crippen LogP contribution in [0.4, 0.5) is 10.1 Å².